The summed E-state index contributed by atoms with van der Waals surface area (Å²) in [5.74, 6) is -0.936. The first-order valence-corrected chi connectivity index (χ1v) is 6.21. The molecule has 0 amide bonds. The van der Waals surface area contributed by atoms with Crippen LogP contribution >= 0.6 is 0 Å². The maximum atomic E-state index is 11.3. The zero-order chi connectivity index (χ0) is 13.0. The lowest BCUT2D eigenvalue weighted by molar-refractivity contribution is -0.141. The van der Waals surface area contributed by atoms with Crippen molar-refractivity contribution in [1.29, 1.82) is 0 Å². The van der Waals surface area contributed by atoms with Gasteiger partial charge in [0.2, 0.25) is 0 Å². The summed E-state index contributed by atoms with van der Waals surface area (Å²) in [4.78, 5) is 13.5. The second-order valence-corrected chi connectivity index (χ2v) is 4.71. The molecule has 1 aromatic carbocycles. The largest absolute Gasteiger partial charge is 0.481 e. The second-order valence-electron chi connectivity index (χ2n) is 4.71. The number of methoxy groups -OCH3 is 1. The topological polar surface area (TPSA) is 49.8 Å². The minimum Gasteiger partial charge on any atom is -0.481 e. The van der Waals surface area contributed by atoms with Crippen molar-refractivity contribution in [1.82, 2.24) is 4.90 Å². The molecule has 4 nitrogen and oxygen atoms in total. The molecule has 1 aliphatic rings. The van der Waals surface area contributed by atoms with E-state index in [4.69, 9.17) is 4.74 Å². The molecule has 0 aromatic heterocycles. The lowest BCUT2D eigenvalue weighted by Crippen LogP contribution is -2.26. The van der Waals surface area contributed by atoms with Crippen molar-refractivity contribution in [2.45, 2.75) is 5.92 Å². The first-order chi connectivity index (χ1) is 8.72. The lowest BCUT2D eigenvalue weighted by Gasteiger charge is -2.15. The molecule has 0 radical (unpaired) electrons. The first-order valence-electron chi connectivity index (χ1n) is 6.21. The number of carbonyl (C=O) groups is 1. The van der Waals surface area contributed by atoms with E-state index in [9.17, 15) is 9.90 Å². The molecule has 1 aliphatic heterocycles. The van der Waals surface area contributed by atoms with Crippen LogP contribution in [0.15, 0.2) is 30.3 Å². The van der Waals surface area contributed by atoms with Crippen molar-refractivity contribution < 1.29 is 14.6 Å². The highest BCUT2D eigenvalue weighted by atomic mass is 16.5. The molecule has 0 bridgehead atoms. The molecule has 2 rings (SSSR count). The number of aliphatic carboxylic acids is 1. The Morgan fingerprint density at radius 2 is 2.11 bits per heavy atom. The van der Waals surface area contributed by atoms with E-state index in [1.165, 1.54) is 0 Å². The van der Waals surface area contributed by atoms with E-state index in [2.05, 4.69) is 4.90 Å². The molecule has 2 unspecified atom stereocenters. The van der Waals surface area contributed by atoms with Crippen molar-refractivity contribution in [3.63, 3.8) is 0 Å². The van der Waals surface area contributed by atoms with Gasteiger partial charge in [-0.1, -0.05) is 30.3 Å². The van der Waals surface area contributed by atoms with Gasteiger partial charge in [-0.25, -0.2) is 0 Å². The molecule has 0 aliphatic carbocycles. The molecule has 1 fully saturated rings. The molecular formula is C14H19NO3. The SMILES string of the molecule is COCCN1CC(C(=O)O)C(c2ccccc2)C1. The average Bonchev–Trinajstić information content (AvgIpc) is 2.82. The average molecular weight is 249 g/mol. The molecule has 1 N–H and O–H groups in total. The highest BCUT2D eigenvalue weighted by molar-refractivity contribution is 5.72. The predicted octanol–water partition coefficient (Wildman–Crippen LogP) is 1.43. The van der Waals surface area contributed by atoms with Gasteiger partial charge in [0.15, 0.2) is 0 Å². The van der Waals surface area contributed by atoms with Gasteiger partial charge in [0.1, 0.15) is 0 Å². The van der Waals surface area contributed by atoms with Crippen LogP contribution in [0.25, 0.3) is 0 Å². The Morgan fingerprint density at radius 1 is 1.39 bits per heavy atom. The van der Waals surface area contributed by atoms with E-state index in [0.29, 0.717) is 13.2 Å². The summed E-state index contributed by atoms with van der Waals surface area (Å²) >= 11 is 0. The molecule has 1 aromatic rings. The van der Waals surface area contributed by atoms with Gasteiger partial charge in [-0.2, -0.15) is 0 Å². The monoisotopic (exact) mass is 249 g/mol. The van der Waals surface area contributed by atoms with Gasteiger partial charge in [0.25, 0.3) is 0 Å². The third kappa shape index (κ3) is 2.89. The highest BCUT2D eigenvalue weighted by Crippen LogP contribution is 2.32. The Kier molecular flexibility index (Phi) is 4.33. The van der Waals surface area contributed by atoms with Gasteiger partial charge in [-0.3, -0.25) is 9.69 Å². The van der Waals surface area contributed by atoms with Crippen LogP contribution in [0.5, 0.6) is 0 Å². The Balaban J connectivity index is 2.10. The Hall–Kier alpha value is -1.39. The van der Waals surface area contributed by atoms with Crippen LogP contribution in [0, 0.1) is 5.92 Å². The smallest absolute Gasteiger partial charge is 0.308 e. The molecular weight excluding hydrogens is 230 g/mol. The van der Waals surface area contributed by atoms with Gasteiger partial charge in [0.05, 0.1) is 12.5 Å². The lowest BCUT2D eigenvalue weighted by atomic mass is 9.89. The molecule has 4 heteroatoms. The molecule has 0 saturated carbocycles. The summed E-state index contributed by atoms with van der Waals surface area (Å²) in [5, 5.41) is 9.33. The first kappa shape index (κ1) is 13.1. The summed E-state index contributed by atoms with van der Waals surface area (Å²) in [5.41, 5.74) is 1.12. The van der Waals surface area contributed by atoms with E-state index >= 15 is 0 Å². The Labute approximate surface area is 107 Å². The summed E-state index contributed by atoms with van der Waals surface area (Å²) in [6.07, 6.45) is 0. The van der Waals surface area contributed by atoms with E-state index in [-0.39, 0.29) is 11.8 Å². The molecule has 0 spiro atoms. The van der Waals surface area contributed by atoms with Crippen LogP contribution in [0.2, 0.25) is 0 Å². The molecule has 1 heterocycles. The zero-order valence-corrected chi connectivity index (χ0v) is 10.6. The van der Waals surface area contributed by atoms with Crippen molar-refractivity contribution >= 4 is 5.97 Å². The summed E-state index contributed by atoms with van der Waals surface area (Å²) in [6.45, 7) is 2.85. The number of nitrogens with zero attached hydrogens (tertiary/aromatic N) is 1. The number of likely N-dealkylation sites (tertiary alicyclic amines) is 1. The number of benzene rings is 1. The fraction of sp³-hybridized carbons (Fsp3) is 0.500. The number of hydrogen-bond donors (Lipinski definition) is 1. The third-order valence-electron chi connectivity index (χ3n) is 3.55. The molecule has 1 saturated heterocycles. The summed E-state index contributed by atoms with van der Waals surface area (Å²) in [7, 11) is 1.67. The zero-order valence-electron chi connectivity index (χ0n) is 10.6. The van der Waals surface area contributed by atoms with E-state index < -0.39 is 5.97 Å². The minimum atomic E-state index is -0.705. The summed E-state index contributed by atoms with van der Waals surface area (Å²) in [6, 6.07) is 9.91. The molecule has 2 atom stereocenters. The van der Waals surface area contributed by atoms with E-state index in [1.54, 1.807) is 7.11 Å². The van der Waals surface area contributed by atoms with Gasteiger partial charge in [0, 0.05) is 32.7 Å². The van der Waals surface area contributed by atoms with Gasteiger partial charge in [-0.05, 0) is 5.56 Å². The molecule has 18 heavy (non-hydrogen) atoms. The van der Waals surface area contributed by atoms with Crippen LogP contribution in [0.1, 0.15) is 11.5 Å². The van der Waals surface area contributed by atoms with Crippen LogP contribution < -0.4 is 0 Å². The van der Waals surface area contributed by atoms with Crippen LogP contribution in [0.3, 0.4) is 0 Å². The van der Waals surface area contributed by atoms with Gasteiger partial charge < -0.3 is 9.84 Å². The third-order valence-corrected chi connectivity index (χ3v) is 3.55. The van der Waals surface area contributed by atoms with Crippen molar-refractivity contribution in [3.8, 4) is 0 Å². The quantitative estimate of drug-likeness (QED) is 0.857. The van der Waals surface area contributed by atoms with Crippen LogP contribution in [0.4, 0.5) is 0 Å². The van der Waals surface area contributed by atoms with Crippen molar-refractivity contribution in [3.05, 3.63) is 35.9 Å². The van der Waals surface area contributed by atoms with Crippen molar-refractivity contribution in [2.24, 2.45) is 5.92 Å². The van der Waals surface area contributed by atoms with Gasteiger partial charge in [-0.15, -0.1) is 0 Å². The Bertz CT molecular complexity index is 393. The Morgan fingerprint density at radius 3 is 2.72 bits per heavy atom. The molecule has 98 valence electrons. The number of rotatable bonds is 5. The van der Waals surface area contributed by atoms with E-state index in [1.807, 2.05) is 30.3 Å². The number of carboxylic acid groups (broad SMARTS) is 1. The standard InChI is InChI=1S/C14H19NO3/c1-18-8-7-15-9-12(13(10-15)14(16)17)11-5-3-2-4-6-11/h2-6,12-13H,7-10H2,1H3,(H,16,17). The minimum absolute atomic E-state index is 0.0838. The predicted molar refractivity (Wildman–Crippen MR) is 68.6 cm³/mol. The maximum absolute atomic E-state index is 11.3. The fourth-order valence-electron chi connectivity index (χ4n) is 2.58. The van der Waals surface area contributed by atoms with E-state index in [0.717, 1.165) is 18.7 Å². The van der Waals surface area contributed by atoms with Crippen LogP contribution in [-0.4, -0.2) is 49.3 Å². The van der Waals surface area contributed by atoms with Crippen LogP contribution in [-0.2, 0) is 9.53 Å². The van der Waals surface area contributed by atoms with Gasteiger partial charge >= 0.3 is 5.97 Å². The number of hydrogen-bond acceptors (Lipinski definition) is 3. The highest BCUT2D eigenvalue weighted by Gasteiger charge is 2.38. The maximum Gasteiger partial charge on any atom is 0.308 e. The number of carboxylic acids is 1. The number of ether oxygens (including phenoxy) is 1. The second kappa shape index (κ2) is 5.98. The summed E-state index contributed by atoms with van der Waals surface area (Å²) < 4.78 is 5.05. The van der Waals surface area contributed by atoms with Crippen molar-refractivity contribution in [2.75, 3.05) is 33.4 Å². The fourth-order valence-corrected chi connectivity index (χ4v) is 2.58. The normalized spacial score (nSPS) is 24.3.